The van der Waals surface area contributed by atoms with Gasteiger partial charge in [0, 0.05) is 17.1 Å². The third-order valence-corrected chi connectivity index (χ3v) is 3.67. The first-order chi connectivity index (χ1) is 9.85. The predicted molar refractivity (Wildman–Crippen MR) is 76.4 cm³/mol. The number of benzene rings is 1. The van der Waals surface area contributed by atoms with Crippen LogP contribution >= 0.6 is 0 Å². The minimum absolute atomic E-state index is 0.0362. The molecule has 6 heteroatoms. The van der Waals surface area contributed by atoms with Gasteiger partial charge in [-0.2, -0.15) is 0 Å². The zero-order valence-corrected chi connectivity index (χ0v) is 11.9. The van der Waals surface area contributed by atoms with Gasteiger partial charge in [0.1, 0.15) is 11.4 Å². The zero-order chi connectivity index (χ0) is 15.6. The first kappa shape index (κ1) is 15.0. The van der Waals surface area contributed by atoms with Crippen LogP contribution in [-0.4, -0.2) is 27.5 Å². The van der Waals surface area contributed by atoms with Crippen molar-refractivity contribution in [2.45, 2.75) is 32.2 Å². The number of fused-ring (bicyclic) bond motifs is 1. The molecule has 0 fully saturated rings. The highest BCUT2D eigenvalue weighted by molar-refractivity contribution is 5.91. The van der Waals surface area contributed by atoms with Crippen molar-refractivity contribution >= 4 is 22.8 Å². The van der Waals surface area contributed by atoms with Crippen LogP contribution in [-0.2, 0) is 16.0 Å². The molecule has 3 N–H and O–H groups in total. The van der Waals surface area contributed by atoms with Crippen molar-refractivity contribution in [3.05, 3.63) is 35.8 Å². The van der Waals surface area contributed by atoms with Gasteiger partial charge >= 0.3 is 5.97 Å². The van der Waals surface area contributed by atoms with Gasteiger partial charge in [-0.3, -0.25) is 4.79 Å². The van der Waals surface area contributed by atoms with Gasteiger partial charge in [-0.15, -0.1) is 0 Å². The number of halogens is 1. The second-order valence-corrected chi connectivity index (χ2v) is 5.22. The van der Waals surface area contributed by atoms with Gasteiger partial charge in [0.05, 0.1) is 6.42 Å². The second-order valence-electron chi connectivity index (χ2n) is 5.22. The first-order valence-corrected chi connectivity index (χ1v) is 6.65. The van der Waals surface area contributed by atoms with Crippen LogP contribution in [0.4, 0.5) is 4.39 Å². The Morgan fingerprint density at radius 2 is 2.14 bits per heavy atom. The summed E-state index contributed by atoms with van der Waals surface area (Å²) in [6.45, 7) is 3.17. The molecule has 1 atom stereocenters. The molecule has 0 radical (unpaired) electrons. The van der Waals surface area contributed by atoms with E-state index in [0.717, 1.165) is 5.39 Å². The molecule has 1 aromatic heterocycles. The Labute approximate surface area is 121 Å². The van der Waals surface area contributed by atoms with Crippen molar-refractivity contribution < 1.29 is 19.1 Å². The van der Waals surface area contributed by atoms with E-state index in [-0.39, 0.29) is 24.6 Å². The molecule has 1 aromatic carbocycles. The van der Waals surface area contributed by atoms with Gasteiger partial charge in [0.15, 0.2) is 0 Å². The van der Waals surface area contributed by atoms with Crippen molar-refractivity contribution in [3.8, 4) is 0 Å². The van der Waals surface area contributed by atoms with E-state index >= 15 is 0 Å². The van der Waals surface area contributed by atoms with Gasteiger partial charge < -0.3 is 15.4 Å². The number of carboxylic acids is 1. The maximum atomic E-state index is 13.1. The minimum atomic E-state index is -1.28. The number of hydrogen-bond donors (Lipinski definition) is 3. The normalized spacial score (nSPS) is 13.9. The van der Waals surface area contributed by atoms with E-state index in [9.17, 15) is 14.0 Å². The summed E-state index contributed by atoms with van der Waals surface area (Å²) in [5.74, 6) is -1.81. The summed E-state index contributed by atoms with van der Waals surface area (Å²) >= 11 is 0. The predicted octanol–water partition coefficient (Wildman–Crippen LogP) is 2.22. The molecule has 1 heterocycles. The number of carbonyl (C=O) groups excluding carboxylic acids is 1. The largest absolute Gasteiger partial charge is 0.480 e. The summed E-state index contributed by atoms with van der Waals surface area (Å²) < 4.78 is 13.1. The third kappa shape index (κ3) is 3.04. The van der Waals surface area contributed by atoms with Crippen molar-refractivity contribution in [1.82, 2.24) is 10.3 Å². The number of nitrogens with one attached hydrogen (secondary N) is 2. The van der Waals surface area contributed by atoms with Crippen LogP contribution in [0.1, 0.15) is 25.8 Å². The number of H-pyrrole nitrogens is 1. The Balaban J connectivity index is 2.17. The van der Waals surface area contributed by atoms with Crippen LogP contribution in [0.15, 0.2) is 24.4 Å². The Hall–Kier alpha value is -2.37. The van der Waals surface area contributed by atoms with Gasteiger partial charge in [0.2, 0.25) is 5.91 Å². The fraction of sp³-hybridized carbons (Fsp3) is 0.333. The topological polar surface area (TPSA) is 82.2 Å². The lowest BCUT2D eigenvalue weighted by atomic mass is 9.98. The summed E-state index contributed by atoms with van der Waals surface area (Å²) in [7, 11) is 0. The molecule has 1 unspecified atom stereocenters. The van der Waals surface area contributed by atoms with Crippen LogP contribution in [0.5, 0.6) is 0 Å². The number of aromatic amines is 1. The Bertz CT molecular complexity index is 695. The molecule has 0 saturated carbocycles. The number of aliphatic carboxylic acids is 1. The molecular formula is C15H17FN2O3. The number of aromatic nitrogens is 1. The minimum Gasteiger partial charge on any atom is -0.480 e. The van der Waals surface area contributed by atoms with Crippen molar-refractivity contribution in [2.24, 2.45) is 0 Å². The van der Waals surface area contributed by atoms with Gasteiger partial charge in [-0.05, 0) is 37.1 Å². The van der Waals surface area contributed by atoms with Crippen molar-refractivity contribution in [3.63, 3.8) is 0 Å². The fourth-order valence-corrected chi connectivity index (χ4v) is 2.12. The number of amides is 1. The second kappa shape index (κ2) is 5.55. The van der Waals surface area contributed by atoms with Crippen LogP contribution in [0.3, 0.4) is 0 Å². The number of rotatable bonds is 5. The van der Waals surface area contributed by atoms with Crippen LogP contribution in [0.2, 0.25) is 0 Å². The summed E-state index contributed by atoms with van der Waals surface area (Å²) in [5, 5.41) is 12.4. The Morgan fingerprint density at radius 1 is 1.43 bits per heavy atom. The quantitative estimate of drug-likeness (QED) is 0.790. The SMILES string of the molecule is CCC(C)(NC(=O)Cc1c[nH]c2cc(F)ccc12)C(=O)O. The number of carbonyl (C=O) groups is 2. The molecule has 5 nitrogen and oxygen atoms in total. The highest BCUT2D eigenvalue weighted by Gasteiger charge is 2.32. The molecule has 2 rings (SSSR count). The molecule has 0 aliphatic carbocycles. The molecule has 112 valence electrons. The monoisotopic (exact) mass is 292 g/mol. The Kier molecular flexibility index (Phi) is 3.97. The van der Waals surface area contributed by atoms with Gasteiger partial charge in [-0.25, -0.2) is 9.18 Å². The first-order valence-electron chi connectivity index (χ1n) is 6.65. The summed E-state index contributed by atoms with van der Waals surface area (Å²) in [6.07, 6.45) is 1.95. The Morgan fingerprint density at radius 3 is 2.76 bits per heavy atom. The molecule has 0 bridgehead atoms. The van der Waals surface area contributed by atoms with E-state index in [1.54, 1.807) is 19.2 Å². The molecule has 0 saturated heterocycles. The van der Waals surface area contributed by atoms with E-state index < -0.39 is 11.5 Å². The molecule has 2 aromatic rings. The smallest absolute Gasteiger partial charge is 0.329 e. The lowest BCUT2D eigenvalue weighted by Gasteiger charge is -2.24. The average Bonchev–Trinajstić information content (AvgIpc) is 2.80. The lowest BCUT2D eigenvalue weighted by molar-refractivity contribution is -0.146. The highest BCUT2D eigenvalue weighted by atomic mass is 19.1. The van der Waals surface area contributed by atoms with E-state index in [0.29, 0.717) is 11.1 Å². The van der Waals surface area contributed by atoms with E-state index in [1.807, 2.05) is 0 Å². The van der Waals surface area contributed by atoms with Crippen molar-refractivity contribution in [2.75, 3.05) is 0 Å². The lowest BCUT2D eigenvalue weighted by Crippen LogP contribution is -2.52. The fourth-order valence-electron chi connectivity index (χ4n) is 2.12. The zero-order valence-electron chi connectivity index (χ0n) is 11.9. The third-order valence-electron chi connectivity index (χ3n) is 3.67. The van der Waals surface area contributed by atoms with Crippen LogP contribution < -0.4 is 5.32 Å². The number of hydrogen-bond acceptors (Lipinski definition) is 2. The molecule has 0 spiro atoms. The van der Waals surface area contributed by atoms with Crippen LogP contribution in [0.25, 0.3) is 10.9 Å². The maximum absolute atomic E-state index is 13.1. The van der Waals surface area contributed by atoms with E-state index in [4.69, 9.17) is 5.11 Å². The van der Waals surface area contributed by atoms with Crippen molar-refractivity contribution in [1.29, 1.82) is 0 Å². The summed E-state index contributed by atoms with van der Waals surface area (Å²) in [4.78, 5) is 26.1. The van der Waals surface area contributed by atoms with Gasteiger partial charge in [0.25, 0.3) is 0 Å². The van der Waals surface area contributed by atoms with E-state index in [1.165, 1.54) is 19.1 Å². The standard InChI is InChI=1S/C15H17FN2O3/c1-3-15(2,14(20)21)18-13(19)6-9-8-17-12-7-10(16)4-5-11(9)12/h4-5,7-8,17H,3,6H2,1-2H3,(H,18,19)(H,20,21). The van der Waals surface area contributed by atoms with E-state index in [2.05, 4.69) is 10.3 Å². The molecule has 0 aliphatic heterocycles. The molecule has 1 amide bonds. The molecular weight excluding hydrogens is 275 g/mol. The van der Waals surface area contributed by atoms with Gasteiger partial charge in [-0.1, -0.05) is 6.92 Å². The molecule has 21 heavy (non-hydrogen) atoms. The summed E-state index contributed by atoms with van der Waals surface area (Å²) in [6, 6.07) is 4.27. The summed E-state index contributed by atoms with van der Waals surface area (Å²) in [5.41, 5.74) is 0.0237. The average molecular weight is 292 g/mol. The highest BCUT2D eigenvalue weighted by Crippen LogP contribution is 2.20. The molecule has 0 aliphatic rings. The number of carboxylic acid groups (broad SMARTS) is 1. The van der Waals surface area contributed by atoms with Crippen LogP contribution in [0, 0.1) is 5.82 Å². The maximum Gasteiger partial charge on any atom is 0.329 e.